The second-order valence-electron chi connectivity index (χ2n) is 4.28. The van der Waals surface area contributed by atoms with Crippen LogP contribution in [0, 0.1) is 6.92 Å². The molecule has 110 valence electrons. The van der Waals surface area contributed by atoms with Crippen molar-refractivity contribution in [2.24, 2.45) is 0 Å². The predicted octanol–water partition coefficient (Wildman–Crippen LogP) is 3.44. The molecular weight excluding hydrogens is 356 g/mol. The Morgan fingerprint density at radius 1 is 1.38 bits per heavy atom. The van der Waals surface area contributed by atoms with Crippen LogP contribution in [0.2, 0.25) is 0 Å². The van der Waals surface area contributed by atoms with Crippen LogP contribution in [0.5, 0.6) is 0 Å². The maximum atomic E-state index is 12.4. The Kier molecular flexibility index (Phi) is 4.64. The van der Waals surface area contributed by atoms with Gasteiger partial charge in [-0.1, -0.05) is 15.9 Å². The first kappa shape index (κ1) is 15.5. The molecule has 0 atom stereocenters. The van der Waals surface area contributed by atoms with Gasteiger partial charge in [-0.05, 0) is 36.1 Å². The molecule has 0 aliphatic heterocycles. The second-order valence-corrected chi connectivity index (χ2v) is 6.11. The van der Waals surface area contributed by atoms with E-state index < -0.39 is 5.97 Å². The number of methoxy groups -OCH3 is 1. The van der Waals surface area contributed by atoms with Crippen molar-refractivity contribution in [2.45, 2.75) is 6.92 Å². The number of carbonyl (C=O) groups is 2. The number of anilines is 2. The van der Waals surface area contributed by atoms with Gasteiger partial charge in [0.2, 0.25) is 0 Å². The molecule has 1 amide bonds. The summed E-state index contributed by atoms with van der Waals surface area (Å²) in [4.78, 5) is 24.3. The maximum Gasteiger partial charge on any atom is 0.350 e. The van der Waals surface area contributed by atoms with E-state index >= 15 is 0 Å². The molecule has 0 fully saturated rings. The van der Waals surface area contributed by atoms with E-state index in [0.29, 0.717) is 31.9 Å². The summed E-state index contributed by atoms with van der Waals surface area (Å²) in [5.74, 6) is -0.810. The average molecular weight is 369 g/mol. The number of rotatable bonds is 3. The van der Waals surface area contributed by atoms with Crippen molar-refractivity contribution in [3.63, 3.8) is 0 Å². The minimum Gasteiger partial charge on any atom is -0.465 e. The highest BCUT2D eigenvalue weighted by Gasteiger charge is 2.18. The van der Waals surface area contributed by atoms with Crippen molar-refractivity contribution >= 4 is 50.5 Å². The van der Waals surface area contributed by atoms with Gasteiger partial charge in [0.25, 0.3) is 5.91 Å². The zero-order valence-electron chi connectivity index (χ0n) is 11.4. The number of esters is 1. The number of hydrogen-bond donors (Lipinski definition) is 2. The summed E-state index contributed by atoms with van der Waals surface area (Å²) in [5, 5.41) is 4.42. The predicted molar refractivity (Wildman–Crippen MR) is 86.9 cm³/mol. The lowest BCUT2D eigenvalue weighted by Crippen LogP contribution is -2.16. The van der Waals surface area contributed by atoms with Crippen LogP contribution in [0.1, 0.15) is 25.6 Å². The van der Waals surface area contributed by atoms with E-state index in [4.69, 9.17) is 5.73 Å². The highest BCUT2D eigenvalue weighted by molar-refractivity contribution is 9.10. The lowest BCUT2D eigenvalue weighted by molar-refractivity contribution is 0.0607. The highest BCUT2D eigenvalue weighted by atomic mass is 79.9. The van der Waals surface area contributed by atoms with Gasteiger partial charge in [0.1, 0.15) is 4.88 Å². The number of benzene rings is 1. The van der Waals surface area contributed by atoms with Crippen molar-refractivity contribution in [3.8, 4) is 0 Å². The van der Waals surface area contributed by atoms with E-state index in [2.05, 4.69) is 26.0 Å². The lowest BCUT2D eigenvalue weighted by atomic mass is 10.1. The molecule has 0 saturated carbocycles. The minimum atomic E-state index is -0.481. The van der Waals surface area contributed by atoms with E-state index in [1.807, 2.05) is 0 Å². The van der Waals surface area contributed by atoms with Gasteiger partial charge in [-0.3, -0.25) is 4.79 Å². The van der Waals surface area contributed by atoms with E-state index in [1.54, 1.807) is 30.5 Å². The van der Waals surface area contributed by atoms with Crippen LogP contribution in [0.15, 0.2) is 28.1 Å². The molecule has 0 saturated heterocycles. The quantitative estimate of drug-likeness (QED) is 0.642. The van der Waals surface area contributed by atoms with E-state index in [9.17, 15) is 9.59 Å². The summed E-state index contributed by atoms with van der Waals surface area (Å²) in [6, 6.07) is 5.08. The molecule has 2 aromatic rings. The third kappa shape index (κ3) is 3.25. The van der Waals surface area contributed by atoms with E-state index in [0.717, 1.165) is 0 Å². The number of carbonyl (C=O) groups excluding carboxylic acids is 2. The van der Waals surface area contributed by atoms with Crippen LogP contribution in [-0.4, -0.2) is 19.0 Å². The Morgan fingerprint density at radius 3 is 2.76 bits per heavy atom. The standard InChI is InChI=1S/C14H13BrN2O3S/c1-7-9(5-8(15)6-10(7)16)13(18)17-11-3-4-21-12(11)14(19)20-2/h3-6H,16H2,1-2H3,(H,17,18). The van der Waals surface area contributed by atoms with Crippen molar-refractivity contribution < 1.29 is 14.3 Å². The molecule has 1 aromatic carbocycles. The van der Waals surface area contributed by atoms with Crippen molar-refractivity contribution in [3.05, 3.63) is 44.1 Å². The topological polar surface area (TPSA) is 81.4 Å². The molecule has 0 aliphatic rings. The number of nitrogens with two attached hydrogens (primary N) is 1. The average Bonchev–Trinajstić information content (AvgIpc) is 2.89. The fourth-order valence-corrected chi connectivity index (χ4v) is 3.03. The molecule has 21 heavy (non-hydrogen) atoms. The highest BCUT2D eigenvalue weighted by Crippen LogP contribution is 2.26. The number of hydrogen-bond acceptors (Lipinski definition) is 5. The van der Waals surface area contributed by atoms with Crippen LogP contribution >= 0.6 is 27.3 Å². The molecule has 2 rings (SSSR count). The van der Waals surface area contributed by atoms with Gasteiger partial charge in [0.15, 0.2) is 0 Å². The van der Waals surface area contributed by atoms with Gasteiger partial charge in [-0.15, -0.1) is 11.3 Å². The molecular formula is C14H13BrN2O3S. The Morgan fingerprint density at radius 2 is 2.10 bits per heavy atom. The van der Waals surface area contributed by atoms with Crippen LogP contribution in [0.3, 0.4) is 0 Å². The largest absolute Gasteiger partial charge is 0.465 e. The Balaban J connectivity index is 2.31. The zero-order chi connectivity index (χ0) is 15.6. The fraction of sp³-hybridized carbons (Fsp3) is 0.143. The molecule has 0 spiro atoms. The van der Waals surface area contributed by atoms with Crippen molar-refractivity contribution in [2.75, 3.05) is 18.2 Å². The van der Waals surface area contributed by atoms with Crippen LogP contribution in [-0.2, 0) is 4.74 Å². The van der Waals surface area contributed by atoms with Crippen LogP contribution < -0.4 is 11.1 Å². The molecule has 0 radical (unpaired) electrons. The van der Waals surface area contributed by atoms with Crippen molar-refractivity contribution in [1.29, 1.82) is 0 Å². The first-order valence-electron chi connectivity index (χ1n) is 5.96. The Bertz CT molecular complexity index is 712. The number of nitrogen functional groups attached to an aromatic ring is 1. The third-order valence-electron chi connectivity index (χ3n) is 2.94. The summed E-state index contributed by atoms with van der Waals surface area (Å²) in [6.07, 6.45) is 0. The third-order valence-corrected chi connectivity index (χ3v) is 4.29. The number of thiophene rings is 1. The fourth-order valence-electron chi connectivity index (χ4n) is 1.78. The Labute approximate surface area is 134 Å². The van der Waals surface area contributed by atoms with E-state index in [-0.39, 0.29) is 5.91 Å². The number of nitrogens with one attached hydrogen (secondary N) is 1. The molecule has 7 heteroatoms. The molecule has 3 N–H and O–H groups in total. The van der Waals surface area contributed by atoms with Gasteiger partial charge in [0.05, 0.1) is 12.8 Å². The van der Waals surface area contributed by atoms with Gasteiger partial charge < -0.3 is 15.8 Å². The number of amides is 1. The summed E-state index contributed by atoms with van der Waals surface area (Å²) in [7, 11) is 1.30. The first-order valence-corrected chi connectivity index (χ1v) is 7.64. The van der Waals surface area contributed by atoms with Gasteiger partial charge >= 0.3 is 5.97 Å². The summed E-state index contributed by atoms with van der Waals surface area (Å²) in [6.45, 7) is 1.77. The molecule has 5 nitrogen and oxygen atoms in total. The number of halogens is 1. The molecule has 1 heterocycles. The van der Waals surface area contributed by atoms with Gasteiger partial charge in [-0.25, -0.2) is 4.79 Å². The monoisotopic (exact) mass is 368 g/mol. The maximum absolute atomic E-state index is 12.4. The molecule has 0 aliphatic carbocycles. The molecule has 0 bridgehead atoms. The lowest BCUT2D eigenvalue weighted by Gasteiger charge is -2.10. The SMILES string of the molecule is COC(=O)c1sccc1NC(=O)c1cc(Br)cc(N)c1C. The molecule has 1 aromatic heterocycles. The van der Waals surface area contributed by atoms with Gasteiger partial charge in [0, 0.05) is 15.7 Å². The second kappa shape index (κ2) is 6.28. The van der Waals surface area contributed by atoms with Crippen LogP contribution in [0.4, 0.5) is 11.4 Å². The summed E-state index contributed by atoms with van der Waals surface area (Å²) < 4.78 is 5.39. The summed E-state index contributed by atoms with van der Waals surface area (Å²) in [5.41, 5.74) is 7.93. The molecule has 0 unspecified atom stereocenters. The van der Waals surface area contributed by atoms with Crippen LogP contribution in [0.25, 0.3) is 0 Å². The number of ether oxygens (including phenoxy) is 1. The Hall–Kier alpha value is -1.86. The first-order chi connectivity index (χ1) is 9.93. The normalized spacial score (nSPS) is 10.2. The van der Waals surface area contributed by atoms with Gasteiger partial charge in [-0.2, -0.15) is 0 Å². The van der Waals surface area contributed by atoms with Crippen molar-refractivity contribution in [1.82, 2.24) is 0 Å². The zero-order valence-corrected chi connectivity index (χ0v) is 13.8. The van der Waals surface area contributed by atoms with E-state index in [1.165, 1.54) is 18.4 Å². The smallest absolute Gasteiger partial charge is 0.350 e. The summed E-state index contributed by atoms with van der Waals surface area (Å²) >= 11 is 4.52. The minimum absolute atomic E-state index is 0.330.